The molecule has 0 amide bonds. The lowest BCUT2D eigenvalue weighted by Crippen LogP contribution is -1.91. The van der Waals surface area contributed by atoms with Crippen LogP contribution in [-0.2, 0) is 6.61 Å². The van der Waals surface area contributed by atoms with Gasteiger partial charge in [0.15, 0.2) is 0 Å². The lowest BCUT2D eigenvalue weighted by molar-refractivity contribution is 0.283. The van der Waals surface area contributed by atoms with Crippen LogP contribution in [0.3, 0.4) is 0 Å². The molecule has 3 N–H and O–H groups in total. The summed E-state index contributed by atoms with van der Waals surface area (Å²) in [6.07, 6.45) is 0. The third-order valence-corrected chi connectivity index (χ3v) is 2.22. The van der Waals surface area contributed by atoms with Crippen molar-refractivity contribution in [1.82, 2.24) is 0 Å². The molecule has 0 saturated heterocycles. The Labute approximate surface area is 76.6 Å². The van der Waals surface area contributed by atoms with E-state index in [2.05, 4.69) is 0 Å². The van der Waals surface area contributed by atoms with Crippen LogP contribution in [0.2, 0.25) is 0 Å². The van der Waals surface area contributed by atoms with E-state index >= 15 is 0 Å². The predicted octanol–water partition coefficient (Wildman–Crippen LogP) is 1.91. The first-order valence-electron chi connectivity index (χ1n) is 4.20. The van der Waals surface area contributed by atoms with Crippen LogP contribution < -0.4 is 5.73 Å². The zero-order valence-corrected chi connectivity index (χ0v) is 7.20. The van der Waals surface area contributed by atoms with E-state index in [0.717, 1.165) is 22.0 Å². The number of aliphatic hydroxyl groups excluding tert-OH is 1. The van der Waals surface area contributed by atoms with Gasteiger partial charge in [-0.25, -0.2) is 0 Å². The topological polar surface area (TPSA) is 46.2 Å². The van der Waals surface area contributed by atoms with Gasteiger partial charge in [-0.15, -0.1) is 0 Å². The molecule has 0 radical (unpaired) electrons. The third kappa shape index (κ3) is 1.25. The lowest BCUT2D eigenvalue weighted by Gasteiger charge is -2.05. The van der Waals surface area contributed by atoms with Gasteiger partial charge in [0, 0.05) is 11.1 Å². The van der Waals surface area contributed by atoms with Gasteiger partial charge in [0.2, 0.25) is 0 Å². The summed E-state index contributed by atoms with van der Waals surface area (Å²) in [6.45, 7) is 0.0563. The van der Waals surface area contributed by atoms with Crippen molar-refractivity contribution < 1.29 is 5.11 Å². The van der Waals surface area contributed by atoms with Crippen LogP contribution in [0.1, 0.15) is 5.56 Å². The zero-order chi connectivity index (χ0) is 9.26. The number of hydrogen-bond acceptors (Lipinski definition) is 2. The van der Waals surface area contributed by atoms with Crippen molar-refractivity contribution in [1.29, 1.82) is 0 Å². The summed E-state index contributed by atoms with van der Waals surface area (Å²) in [5.41, 5.74) is 7.48. The second-order valence-electron chi connectivity index (χ2n) is 3.02. The molecular weight excluding hydrogens is 162 g/mol. The minimum atomic E-state index is 0.0563. The molecule has 13 heavy (non-hydrogen) atoms. The first kappa shape index (κ1) is 8.08. The molecule has 0 aliphatic rings. The molecule has 0 spiro atoms. The molecule has 2 heteroatoms. The average Bonchev–Trinajstić information content (AvgIpc) is 2.19. The molecule has 0 aliphatic heterocycles. The summed E-state index contributed by atoms with van der Waals surface area (Å²) in [5.74, 6) is 0. The molecule has 2 aromatic carbocycles. The van der Waals surface area contributed by atoms with Crippen molar-refractivity contribution in [2.75, 3.05) is 5.73 Å². The summed E-state index contributed by atoms with van der Waals surface area (Å²) in [7, 11) is 0. The Balaban J connectivity index is 2.84. The first-order chi connectivity index (χ1) is 6.33. The molecule has 0 saturated carbocycles. The molecule has 0 fully saturated rings. The van der Waals surface area contributed by atoms with Crippen LogP contribution in [-0.4, -0.2) is 5.11 Å². The van der Waals surface area contributed by atoms with Gasteiger partial charge in [-0.3, -0.25) is 0 Å². The molecular formula is C11H11NO. The lowest BCUT2D eigenvalue weighted by atomic mass is 10.0. The van der Waals surface area contributed by atoms with Gasteiger partial charge in [0.25, 0.3) is 0 Å². The number of benzene rings is 2. The molecule has 0 aliphatic carbocycles. The van der Waals surface area contributed by atoms with Gasteiger partial charge in [0.05, 0.1) is 6.61 Å². The number of rotatable bonds is 1. The van der Waals surface area contributed by atoms with E-state index < -0.39 is 0 Å². The van der Waals surface area contributed by atoms with Crippen LogP contribution in [0.4, 0.5) is 5.69 Å². The second-order valence-corrected chi connectivity index (χ2v) is 3.02. The van der Waals surface area contributed by atoms with Crippen LogP contribution in [0.5, 0.6) is 0 Å². The second kappa shape index (κ2) is 3.07. The van der Waals surface area contributed by atoms with E-state index in [9.17, 15) is 0 Å². The summed E-state index contributed by atoms with van der Waals surface area (Å²) in [4.78, 5) is 0. The molecule has 2 aromatic rings. The molecule has 0 atom stereocenters. The van der Waals surface area contributed by atoms with Crippen LogP contribution >= 0.6 is 0 Å². The highest BCUT2D eigenvalue weighted by molar-refractivity contribution is 5.94. The maximum Gasteiger partial charge on any atom is 0.0687 e. The summed E-state index contributed by atoms with van der Waals surface area (Å²) in [6, 6.07) is 11.5. The molecule has 0 aromatic heterocycles. The predicted molar refractivity (Wildman–Crippen MR) is 54.3 cm³/mol. The number of hydrogen-bond donors (Lipinski definition) is 2. The fraction of sp³-hybridized carbons (Fsp3) is 0.0909. The molecule has 2 rings (SSSR count). The quantitative estimate of drug-likeness (QED) is 0.647. The van der Waals surface area contributed by atoms with Crippen LogP contribution in [0.25, 0.3) is 10.8 Å². The number of fused-ring (bicyclic) bond motifs is 1. The Morgan fingerprint density at radius 2 is 1.69 bits per heavy atom. The van der Waals surface area contributed by atoms with Gasteiger partial charge >= 0.3 is 0 Å². The number of aliphatic hydroxyl groups is 1. The standard InChI is InChI=1S/C11H11NO/c12-11-6-5-8(7-13)9-3-1-2-4-10(9)11/h1-6,13H,7,12H2. The Morgan fingerprint density at radius 3 is 2.38 bits per heavy atom. The van der Waals surface area contributed by atoms with Crippen molar-refractivity contribution in [3.05, 3.63) is 42.0 Å². The normalized spacial score (nSPS) is 10.5. The molecule has 2 nitrogen and oxygen atoms in total. The average molecular weight is 173 g/mol. The molecule has 0 heterocycles. The number of nitrogens with two attached hydrogens (primary N) is 1. The summed E-state index contributed by atoms with van der Waals surface area (Å²) < 4.78 is 0. The van der Waals surface area contributed by atoms with Gasteiger partial charge in [0.1, 0.15) is 0 Å². The van der Waals surface area contributed by atoms with Crippen molar-refractivity contribution in [2.24, 2.45) is 0 Å². The third-order valence-electron chi connectivity index (χ3n) is 2.22. The highest BCUT2D eigenvalue weighted by atomic mass is 16.3. The maximum atomic E-state index is 9.09. The van der Waals surface area contributed by atoms with Crippen molar-refractivity contribution >= 4 is 16.5 Å². The van der Waals surface area contributed by atoms with E-state index in [1.54, 1.807) is 0 Å². The SMILES string of the molecule is Nc1ccc(CO)c2ccccc12. The Morgan fingerprint density at radius 1 is 1.00 bits per heavy atom. The maximum absolute atomic E-state index is 9.09. The van der Waals surface area contributed by atoms with Gasteiger partial charge in [-0.05, 0) is 17.0 Å². The van der Waals surface area contributed by atoms with Crippen molar-refractivity contribution in [3.63, 3.8) is 0 Å². The van der Waals surface area contributed by atoms with Gasteiger partial charge < -0.3 is 10.8 Å². The number of nitrogen functional groups attached to an aromatic ring is 1. The van der Waals surface area contributed by atoms with E-state index in [-0.39, 0.29) is 6.61 Å². The smallest absolute Gasteiger partial charge is 0.0687 e. The van der Waals surface area contributed by atoms with Crippen LogP contribution in [0, 0.1) is 0 Å². The Kier molecular flexibility index (Phi) is 1.91. The Bertz CT molecular complexity index is 437. The first-order valence-corrected chi connectivity index (χ1v) is 4.20. The molecule has 0 bridgehead atoms. The number of anilines is 1. The van der Waals surface area contributed by atoms with Crippen molar-refractivity contribution in [3.8, 4) is 0 Å². The highest BCUT2D eigenvalue weighted by Gasteiger charge is 2.01. The van der Waals surface area contributed by atoms with E-state index in [1.165, 1.54) is 0 Å². The minimum absolute atomic E-state index is 0.0563. The highest BCUT2D eigenvalue weighted by Crippen LogP contribution is 2.24. The molecule has 0 unspecified atom stereocenters. The van der Waals surface area contributed by atoms with E-state index in [1.807, 2.05) is 36.4 Å². The largest absolute Gasteiger partial charge is 0.398 e. The van der Waals surface area contributed by atoms with Gasteiger partial charge in [-0.1, -0.05) is 30.3 Å². The zero-order valence-electron chi connectivity index (χ0n) is 7.20. The summed E-state index contributed by atoms with van der Waals surface area (Å²) in [5, 5.41) is 11.1. The van der Waals surface area contributed by atoms with Crippen LogP contribution in [0.15, 0.2) is 36.4 Å². The monoisotopic (exact) mass is 173 g/mol. The molecule has 66 valence electrons. The van der Waals surface area contributed by atoms with E-state index in [4.69, 9.17) is 10.8 Å². The summed E-state index contributed by atoms with van der Waals surface area (Å²) >= 11 is 0. The Hall–Kier alpha value is -1.54. The van der Waals surface area contributed by atoms with E-state index in [0.29, 0.717) is 0 Å². The minimum Gasteiger partial charge on any atom is -0.398 e. The van der Waals surface area contributed by atoms with Crippen molar-refractivity contribution in [2.45, 2.75) is 6.61 Å². The van der Waals surface area contributed by atoms with Gasteiger partial charge in [-0.2, -0.15) is 0 Å². The fourth-order valence-electron chi connectivity index (χ4n) is 1.52. The fourth-order valence-corrected chi connectivity index (χ4v) is 1.52.